The Balaban J connectivity index is 2.96. The van der Waals surface area contributed by atoms with Crippen LogP contribution < -0.4 is 5.73 Å². The second-order valence-corrected chi connectivity index (χ2v) is 5.53. The summed E-state index contributed by atoms with van der Waals surface area (Å²) in [5, 5.41) is 0.409. The van der Waals surface area contributed by atoms with Gasteiger partial charge in [-0.3, -0.25) is 0 Å². The fourth-order valence-electron chi connectivity index (χ4n) is 2.47. The lowest BCUT2D eigenvalue weighted by Crippen LogP contribution is -2.20. The van der Waals surface area contributed by atoms with E-state index in [0.29, 0.717) is 24.1 Å². The summed E-state index contributed by atoms with van der Waals surface area (Å²) >= 11 is 5.96. The van der Waals surface area contributed by atoms with Crippen LogP contribution >= 0.6 is 11.6 Å². The molecule has 20 heavy (non-hydrogen) atoms. The first kappa shape index (κ1) is 17.4. The van der Waals surface area contributed by atoms with E-state index in [1.54, 1.807) is 6.07 Å². The monoisotopic (exact) mass is 301 g/mol. The highest BCUT2D eigenvalue weighted by Gasteiger charge is 2.23. The number of nitrogens with two attached hydrogens (primary N) is 1. The molecule has 0 saturated heterocycles. The van der Waals surface area contributed by atoms with Gasteiger partial charge in [0.25, 0.3) is 0 Å². The van der Waals surface area contributed by atoms with E-state index in [0.717, 1.165) is 31.2 Å². The first-order valence-electron chi connectivity index (χ1n) is 7.40. The van der Waals surface area contributed by atoms with E-state index >= 15 is 0 Å². The maximum Gasteiger partial charge on any atom is 0.125 e. The molecule has 0 spiro atoms. The largest absolute Gasteiger partial charge is 0.372 e. The minimum atomic E-state index is -0.320. The Morgan fingerprint density at radius 1 is 1.30 bits per heavy atom. The Morgan fingerprint density at radius 2 is 2.05 bits per heavy atom. The van der Waals surface area contributed by atoms with Crippen LogP contribution in [-0.2, 0) is 4.74 Å². The molecule has 1 aromatic carbocycles. The number of hydrogen-bond donors (Lipinski definition) is 1. The molecule has 0 aliphatic rings. The highest BCUT2D eigenvalue weighted by Crippen LogP contribution is 2.33. The average Bonchev–Trinajstić information content (AvgIpc) is 2.41. The zero-order valence-corrected chi connectivity index (χ0v) is 13.1. The normalized spacial score (nSPS) is 14.2. The molecule has 2 N–H and O–H groups in total. The Hall–Kier alpha value is -0.640. The third kappa shape index (κ3) is 5.39. The van der Waals surface area contributed by atoms with Gasteiger partial charge < -0.3 is 10.5 Å². The van der Waals surface area contributed by atoms with Gasteiger partial charge in [0, 0.05) is 11.6 Å². The van der Waals surface area contributed by atoms with E-state index in [2.05, 4.69) is 13.8 Å². The molecule has 0 amide bonds. The van der Waals surface area contributed by atoms with Crippen molar-refractivity contribution in [2.45, 2.75) is 45.6 Å². The summed E-state index contributed by atoms with van der Waals surface area (Å²) in [6, 6.07) is 4.63. The van der Waals surface area contributed by atoms with E-state index in [-0.39, 0.29) is 11.9 Å². The van der Waals surface area contributed by atoms with Gasteiger partial charge >= 0.3 is 0 Å². The predicted molar refractivity (Wildman–Crippen MR) is 82.5 cm³/mol. The van der Waals surface area contributed by atoms with Crippen molar-refractivity contribution in [2.24, 2.45) is 11.7 Å². The lowest BCUT2D eigenvalue weighted by molar-refractivity contribution is 0.00982. The van der Waals surface area contributed by atoms with Gasteiger partial charge in [-0.25, -0.2) is 4.39 Å². The van der Waals surface area contributed by atoms with Crippen molar-refractivity contribution in [1.82, 2.24) is 0 Å². The summed E-state index contributed by atoms with van der Waals surface area (Å²) in [6.07, 6.45) is 4.21. The van der Waals surface area contributed by atoms with Crippen molar-refractivity contribution in [3.63, 3.8) is 0 Å². The molecule has 114 valence electrons. The predicted octanol–water partition coefficient (Wildman–Crippen LogP) is 4.71. The number of halogens is 2. The van der Waals surface area contributed by atoms with Gasteiger partial charge in [0.15, 0.2) is 0 Å². The van der Waals surface area contributed by atoms with Gasteiger partial charge in [0.2, 0.25) is 0 Å². The zero-order chi connectivity index (χ0) is 15.0. The van der Waals surface area contributed by atoms with Crippen molar-refractivity contribution in [2.75, 3.05) is 13.2 Å². The lowest BCUT2D eigenvalue weighted by atomic mass is 9.89. The number of hydrogen-bond acceptors (Lipinski definition) is 2. The quantitative estimate of drug-likeness (QED) is 0.717. The van der Waals surface area contributed by atoms with Gasteiger partial charge in [-0.15, -0.1) is 0 Å². The second-order valence-electron chi connectivity index (χ2n) is 5.09. The van der Waals surface area contributed by atoms with Crippen LogP contribution in [0.25, 0.3) is 0 Å². The second kappa shape index (κ2) is 9.32. The molecule has 0 aromatic heterocycles. The molecule has 2 atom stereocenters. The zero-order valence-electron chi connectivity index (χ0n) is 12.4. The number of unbranched alkanes of at least 4 members (excludes halogenated alkanes) is 1. The van der Waals surface area contributed by atoms with Crippen molar-refractivity contribution in [3.8, 4) is 0 Å². The molecule has 1 aromatic rings. The maximum absolute atomic E-state index is 13.6. The molecule has 2 nitrogen and oxygen atoms in total. The minimum Gasteiger partial charge on any atom is -0.372 e. The Morgan fingerprint density at radius 3 is 2.60 bits per heavy atom. The van der Waals surface area contributed by atoms with Crippen LogP contribution in [0.4, 0.5) is 4.39 Å². The minimum absolute atomic E-state index is 0.136. The molecular weight excluding hydrogens is 277 g/mol. The van der Waals surface area contributed by atoms with Crippen LogP contribution in [0.5, 0.6) is 0 Å². The standard InChI is InChI=1S/C16H25ClFNO/c1-3-5-6-12(4-2)16(20-8-7-19)13-9-14(17)11-15(18)10-13/h9-12,16H,3-8,19H2,1-2H3/t12-,16+/m0/s1. The first-order valence-corrected chi connectivity index (χ1v) is 7.77. The van der Waals surface area contributed by atoms with Crippen LogP contribution in [0.15, 0.2) is 18.2 Å². The maximum atomic E-state index is 13.6. The molecule has 0 fully saturated rings. The van der Waals surface area contributed by atoms with E-state index in [4.69, 9.17) is 22.1 Å². The summed E-state index contributed by atoms with van der Waals surface area (Å²) in [7, 11) is 0. The summed E-state index contributed by atoms with van der Waals surface area (Å²) < 4.78 is 19.5. The molecule has 0 radical (unpaired) electrons. The van der Waals surface area contributed by atoms with Crippen molar-refractivity contribution in [1.29, 1.82) is 0 Å². The van der Waals surface area contributed by atoms with Gasteiger partial charge in [-0.05, 0) is 36.1 Å². The molecule has 0 bridgehead atoms. The summed E-state index contributed by atoms with van der Waals surface area (Å²) in [6.45, 7) is 5.24. The molecule has 0 aliphatic carbocycles. The fourth-order valence-corrected chi connectivity index (χ4v) is 2.71. The molecule has 0 saturated carbocycles. The highest BCUT2D eigenvalue weighted by atomic mass is 35.5. The van der Waals surface area contributed by atoms with Crippen molar-refractivity contribution in [3.05, 3.63) is 34.6 Å². The van der Waals surface area contributed by atoms with E-state index in [9.17, 15) is 4.39 Å². The van der Waals surface area contributed by atoms with Crippen LogP contribution in [0.3, 0.4) is 0 Å². The third-order valence-corrected chi connectivity index (χ3v) is 3.73. The van der Waals surface area contributed by atoms with Gasteiger partial charge in [0.05, 0.1) is 12.7 Å². The van der Waals surface area contributed by atoms with Crippen LogP contribution in [0.1, 0.15) is 51.2 Å². The Kier molecular flexibility index (Phi) is 8.12. The number of rotatable bonds is 9. The molecular formula is C16H25ClFNO. The number of ether oxygens (including phenoxy) is 1. The van der Waals surface area contributed by atoms with Crippen LogP contribution in [0.2, 0.25) is 5.02 Å². The fraction of sp³-hybridized carbons (Fsp3) is 0.625. The molecule has 0 unspecified atom stereocenters. The summed E-state index contributed by atoms with van der Waals surface area (Å²) in [4.78, 5) is 0. The average molecular weight is 302 g/mol. The van der Waals surface area contributed by atoms with E-state index in [1.165, 1.54) is 12.1 Å². The lowest BCUT2D eigenvalue weighted by Gasteiger charge is -2.27. The molecule has 0 aliphatic heterocycles. The topological polar surface area (TPSA) is 35.2 Å². The van der Waals surface area contributed by atoms with E-state index < -0.39 is 0 Å². The van der Waals surface area contributed by atoms with Crippen LogP contribution in [0, 0.1) is 11.7 Å². The van der Waals surface area contributed by atoms with Gasteiger partial charge in [0.1, 0.15) is 5.82 Å². The van der Waals surface area contributed by atoms with Crippen molar-refractivity contribution < 1.29 is 9.13 Å². The molecule has 1 rings (SSSR count). The Labute approximate surface area is 126 Å². The molecule has 0 heterocycles. The Bertz CT molecular complexity index is 380. The molecule has 4 heteroatoms. The van der Waals surface area contributed by atoms with Crippen molar-refractivity contribution >= 4 is 11.6 Å². The van der Waals surface area contributed by atoms with Gasteiger partial charge in [-0.2, -0.15) is 0 Å². The van der Waals surface area contributed by atoms with E-state index in [1.807, 2.05) is 0 Å². The first-order chi connectivity index (χ1) is 9.62. The summed E-state index contributed by atoms with van der Waals surface area (Å²) in [5.74, 6) is 0.0403. The smallest absolute Gasteiger partial charge is 0.125 e. The third-order valence-electron chi connectivity index (χ3n) is 3.51. The summed E-state index contributed by atoms with van der Waals surface area (Å²) in [5.41, 5.74) is 6.34. The highest BCUT2D eigenvalue weighted by molar-refractivity contribution is 6.30. The number of benzene rings is 1. The van der Waals surface area contributed by atoms with Crippen LogP contribution in [-0.4, -0.2) is 13.2 Å². The SMILES string of the molecule is CCCC[C@H](CC)[C@@H](OCCN)c1cc(F)cc(Cl)c1. The van der Waals surface area contributed by atoms with Gasteiger partial charge in [-0.1, -0.05) is 44.7 Å².